The molecule has 3 N–H and O–H groups in total. The number of aromatic amines is 1. The number of carbonyl (C=O) groups excluding carboxylic acids is 2. The van der Waals surface area contributed by atoms with Crippen LogP contribution in [0, 0.1) is 0 Å². The van der Waals surface area contributed by atoms with Crippen LogP contribution in [-0.4, -0.2) is 23.3 Å². The Balaban J connectivity index is 1.72. The van der Waals surface area contributed by atoms with Crippen LogP contribution in [0.3, 0.4) is 0 Å². The molecule has 0 fully saturated rings. The van der Waals surface area contributed by atoms with Gasteiger partial charge in [-0.2, -0.15) is 0 Å². The maximum Gasteiger partial charge on any atom is 0.231 e. The number of hydrogen-bond acceptors (Lipinski definition) is 5. The monoisotopic (exact) mass is 444 g/mol. The number of hydrogen-bond donors (Lipinski definition) is 2. The van der Waals surface area contributed by atoms with Crippen LogP contribution in [0.1, 0.15) is 32.0 Å². The second-order valence-electron chi connectivity index (χ2n) is 7.27. The number of fused-ring (bicyclic) bond motifs is 1. The Labute approximate surface area is 188 Å². The molecule has 0 bridgehead atoms. The molecule has 1 aliphatic heterocycles. The highest BCUT2D eigenvalue weighted by molar-refractivity contribution is 6.31. The molecule has 7 heteroatoms. The summed E-state index contributed by atoms with van der Waals surface area (Å²) in [4.78, 5) is 29.8. The zero-order chi connectivity index (χ0) is 22.2. The van der Waals surface area contributed by atoms with Crippen molar-refractivity contribution in [1.82, 2.24) is 4.98 Å². The van der Waals surface area contributed by atoms with Gasteiger partial charge in [0, 0.05) is 21.7 Å². The minimum Gasteiger partial charge on any atom is -0.454 e. The summed E-state index contributed by atoms with van der Waals surface area (Å²) >= 11 is 6.10. The fraction of sp³-hybridized carbons (Fsp3) is 0.0400. The van der Waals surface area contributed by atoms with Gasteiger partial charge in [0.15, 0.2) is 17.3 Å². The normalized spacial score (nSPS) is 12.0. The van der Waals surface area contributed by atoms with Crippen LogP contribution in [0.5, 0.6) is 11.5 Å². The lowest BCUT2D eigenvalue weighted by Gasteiger charge is -2.09. The summed E-state index contributed by atoms with van der Waals surface area (Å²) < 4.78 is 10.9. The number of H-pyrrole nitrogens is 1. The fourth-order valence-corrected chi connectivity index (χ4v) is 3.96. The average molecular weight is 445 g/mol. The van der Waals surface area contributed by atoms with Crippen molar-refractivity contribution in [2.24, 2.45) is 0 Å². The van der Waals surface area contributed by atoms with Gasteiger partial charge in [-0.05, 0) is 29.8 Å². The van der Waals surface area contributed by atoms with Crippen LogP contribution < -0.4 is 15.2 Å². The second kappa shape index (κ2) is 7.90. The molecule has 0 radical (unpaired) electrons. The van der Waals surface area contributed by atoms with E-state index in [1.54, 1.807) is 66.7 Å². The topological polar surface area (TPSA) is 94.4 Å². The number of aromatic nitrogens is 1. The number of benzene rings is 3. The number of nitrogens with one attached hydrogen (secondary N) is 1. The van der Waals surface area contributed by atoms with E-state index in [0.717, 1.165) is 0 Å². The Morgan fingerprint density at radius 1 is 0.844 bits per heavy atom. The number of halogens is 1. The number of nitrogen functional groups attached to an aromatic ring is 1. The Morgan fingerprint density at radius 2 is 1.59 bits per heavy atom. The third-order valence-corrected chi connectivity index (χ3v) is 5.50. The molecule has 32 heavy (non-hydrogen) atoms. The maximum atomic E-state index is 13.5. The first-order valence-electron chi connectivity index (χ1n) is 9.84. The van der Waals surface area contributed by atoms with Crippen molar-refractivity contribution in [3.05, 3.63) is 100 Å². The van der Waals surface area contributed by atoms with Crippen LogP contribution >= 0.6 is 11.6 Å². The van der Waals surface area contributed by atoms with E-state index in [-0.39, 0.29) is 35.4 Å². The van der Waals surface area contributed by atoms with Crippen LogP contribution in [0.2, 0.25) is 5.02 Å². The number of carbonyl (C=O) groups is 2. The number of ketones is 2. The van der Waals surface area contributed by atoms with Crippen molar-refractivity contribution in [3.8, 4) is 22.6 Å². The van der Waals surface area contributed by atoms with Crippen LogP contribution in [0.15, 0.2) is 72.8 Å². The van der Waals surface area contributed by atoms with Crippen molar-refractivity contribution in [1.29, 1.82) is 0 Å². The van der Waals surface area contributed by atoms with Gasteiger partial charge in [-0.25, -0.2) is 0 Å². The largest absolute Gasteiger partial charge is 0.454 e. The third-order valence-electron chi connectivity index (χ3n) is 5.27. The number of nitrogens with two attached hydrogens (primary N) is 1. The van der Waals surface area contributed by atoms with Crippen LogP contribution in [0.4, 0.5) is 5.82 Å². The molecular formula is C25H17ClN2O4. The minimum absolute atomic E-state index is 0.0990. The van der Waals surface area contributed by atoms with E-state index < -0.39 is 0 Å². The molecule has 6 nitrogen and oxygen atoms in total. The Kier molecular flexibility index (Phi) is 4.92. The zero-order valence-electron chi connectivity index (χ0n) is 16.7. The minimum atomic E-state index is -0.346. The molecule has 158 valence electrons. The van der Waals surface area contributed by atoms with Gasteiger partial charge in [0.25, 0.3) is 0 Å². The van der Waals surface area contributed by atoms with Crippen molar-refractivity contribution in [3.63, 3.8) is 0 Å². The first kappa shape index (κ1) is 19.9. The summed E-state index contributed by atoms with van der Waals surface area (Å²) in [5.74, 6) is 0.593. The van der Waals surface area contributed by atoms with E-state index >= 15 is 0 Å². The summed E-state index contributed by atoms with van der Waals surface area (Å²) in [7, 11) is 0. The highest BCUT2D eigenvalue weighted by Crippen LogP contribution is 2.40. The van der Waals surface area contributed by atoms with Crippen LogP contribution in [-0.2, 0) is 0 Å². The van der Waals surface area contributed by atoms with E-state index in [2.05, 4.69) is 4.98 Å². The van der Waals surface area contributed by atoms with Gasteiger partial charge in [0.2, 0.25) is 12.6 Å². The summed E-state index contributed by atoms with van der Waals surface area (Å²) in [6, 6.07) is 20.6. The molecule has 2 heterocycles. The maximum absolute atomic E-state index is 13.5. The molecule has 0 unspecified atom stereocenters. The first-order valence-corrected chi connectivity index (χ1v) is 10.2. The summed E-state index contributed by atoms with van der Waals surface area (Å²) in [5.41, 5.74) is 8.53. The van der Waals surface area contributed by atoms with Crippen molar-refractivity contribution in [2.45, 2.75) is 0 Å². The highest BCUT2D eigenvalue weighted by Gasteiger charge is 2.29. The van der Waals surface area contributed by atoms with Crippen molar-refractivity contribution >= 4 is 29.0 Å². The number of anilines is 1. The predicted molar refractivity (Wildman–Crippen MR) is 122 cm³/mol. The lowest BCUT2D eigenvalue weighted by molar-refractivity contribution is 0.103. The SMILES string of the molecule is Nc1[nH]c(C(=O)c2ccccc2)c(-c2ccc3c(c2)OCO3)c1C(=O)c1cccc(Cl)c1. The van der Waals surface area contributed by atoms with E-state index in [1.807, 2.05) is 6.07 Å². The fourth-order valence-electron chi connectivity index (χ4n) is 3.77. The summed E-state index contributed by atoms with van der Waals surface area (Å²) in [5, 5.41) is 0.426. The Hall–Kier alpha value is -4.03. The molecule has 0 saturated carbocycles. The standard InChI is InChI=1S/C25H17ClN2O4/c26-17-8-4-7-16(11-17)23(29)21-20(15-9-10-18-19(12-15)32-13-31-18)22(28-25(21)27)24(30)14-5-2-1-3-6-14/h1-12,28H,13,27H2. The smallest absolute Gasteiger partial charge is 0.231 e. The summed E-state index contributed by atoms with van der Waals surface area (Å²) in [6.07, 6.45) is 0. The van der Waals surface area contributed by atoms with E-state index in [9.17, 15) is 9.59 Å². The molecule has 0 saturated heterocycles. The molecule has 1 aromatic heterocycles. The molecule has 0 aliphatic carbocycles. The van der Waals surface area contributed by atoms with Gasteiger partial charge in [-0.1, -0.05) is 60.1 Å². The van der Waals surface area contributed by atoms with Crippen molar-refractivity contribution < 1.29 is 19.1 Å². The van der Waals surface area contributed by atoms with Gasteiger partial charge < -0.3 is 20.2 Å². The molecular weight excluding hydrogens is 428 g/mol. The first-order chi connectivity index (χ1) is 15.5. The Morgan fingerprint density at radius 3 is 2.38 bits per heavy atom. The lowest BCUT2D eigenvalue weighted by Crippen LogP contribution is -2.07. The Bertz CT molecular complexity index is 1360. The van der Waals surface area contributed by atoms with E-state index in [0.29, 0.717) is 38.8 Å². The summed E-state index contributed by atoms with van der Waals surface area (Å²) in [6.45, 7) is 0.109. The van der Waals surface area contributed by atoms with Gasteiger partial charge in [-0.15, -0.1) is 0 Å². The third kappa shape index (κ3) is 3.40. The lowest BCUT2D eigenvalue weighted by atomic mass is 9.93. The van der Waals surface area contributed by atoms with E-state index in [1.165, 1.54) is 0 Å². The van der Waals surface area contributed by atoms with Gasteiger partial charge in [-0.3, -0.25) is 9.59 Å². The molecule has 0 atom stereocenters. The molecule has 5 rings (SSSR count). The van der Waals surface area contributed by atoms with E-state index in [4.69, 9.17) is 26.8 Å². The average Bonchev–Trinajstić information content (AvgIpc) is 3.42. The molecule has 1 aliphatic rings. The van der Waals surface area contributed by atoms with Crippen LogP contribution in [0.25, 0.3) is 11.1 Å². The molecule has 0 spiro atoms. The number of ether oxygens (including phenoxy) is 2. The van der Waals surface area contributed by atoms with Gasteiger partial charge in [0.1, 0.15) is 5.82 Å². The van der Waals surface area contributed by atoms with Crippen molar-refractivity contribution in [2.75, 3.05) is 12.5 Å². The predicted octanol–water partition coefficient (Wildman–Crippen LogP) is 5.11. The number of rotatable bonds is 5. The second-order valence-corrected chi connectivity index (χ2v) is 7.70. The quantitative estimate of drug-likeness (QED) is 0.417. The molecule has 4 aromatic rings. The van der Waals surface area contributed by atoms with Gasteiger partial charge >= 0.3 is 0 Å². The molecule has 0 amide bonds. The zero-order valence-corrected chi connectivity index (χ0v) is 17.5. The molecule has 3 aromatic carbocycles. The van der Waals surface area contributed by atoms with Gasteiger partial charge in [0.05, 0.1) is 11.3 Å². The highest BCUT2D eigenvalue weighted by atomic mass is 35.5.